The molecule has 2 aliphatic rings. The minimum absolute atomic E-state index is 0.146. The number of pyridine rings is 1. The van der Waals surface area contributed by atoms with E-state index >= 15 is 0 Å². The number of hydrogen-bond acceptors (Lipinski definition) is 3. The maximum Gasteiger partial charge on any atom is 0.255 e. The standard InChI is InChI=1S/C15H21N3O/c1-11-7-12(9-16-8-11)15(19)18(14-4-5-14)10-13-3-2-6-17-13/h7-9,13-14,17H,2-6,10H2,1H3. The number of hydrogen-bond donors (Lipinski definition) is 1. The summed E-state index contributed by atoms with van der Waals surface area (Å²) in [4.78, 5) is 18.8. The molecule has 0 bridgehead atoms. The fourth-order valence-corrected chi connectivity index (χ4v) is 2.77. The van der Waals surface area contributed by atoms with E-state index in [0.717, 1.165) is 37.1 Å². The van der Waals surface area contributed by atoms with Gasteiger partial charge in [0, 0.05) is 31.0 Å². The molecule has 3 rings (SSSR count). The molecule has 1 saturated carbocycles. The molecule has 0 spiro atoms. The Morgan fingerprint density at radius 3 is 2.89 bits per heavy atom. The summed E-state index contributed by atoms with van der Waals surface area (Å²) in [5.41, 5.74) is 1.77. The molecule has 4 heteroatoms. The number of rotatable bonds is 4. The summed E-state index contributed by atoms with van der Waals surface area (Å²) in [6, 6.07) is 2.87. The first-order chi connectivity index (χ1) is 9.24. The molecular formula is C15H21N3O. The fourth-order valence-electron chi connectivity index (χ4n) is 2.77. The maximum atomic E-state index is 12.6. The molecule has 2 fully saturated rings. The van der Waals surface area contributed by atoms with Crippen LogP contribution in [0.5, 0.6) is 0 Å². The summed E-state index contributed by atoms with van der Waals surface area (Å²) < 4.78 is 0. The van der Waals surface area contributed by atoms with Gasteiger partial charge in [0.25, 0.3) is 5.91 Å². The first kappa shape index (κ1) is 12.6. The molecule has 0 radical (unpaired) electrons. The Kier molecular flexibility index (Phi) is 3.51. The monoisotopic (exact) mass is 259 g/mol. The van der Waals surface area contributed by atoms with Gasteiger partial charge in [-0.3, -0.25) is 9.78 Å². The Bertz CT molecular complexity index is 464. The van der Waals surface area contributed by atoms with Crippen LogP contribution in [-0.2, 0) is 0 Å². The van der Waals surface area contributed by atoms with Crippen molar-refractivity contribution in [1.29, 1.82) is 0 Å². The van der Waals surface area contributed by atoms with E-state index in [1.165, 1.54) is 12.8 Å². The Morgan fingerprint density at radius 1 is 1.42 bits per heavy atom. The second-order valence-electron chi connectivity index (χ2n) is 5.73. The Labute approximate surface area is 114 Å². The summed E-state index contributed by atoms with van der Waals surface area (Å²) in [7, 11) is 0. The predicted octanol–water partition coefficient (Wildman–Crippen LogP) is 1.75. The number of aromatic nitrogens is 1. The highest BCUT2D eigenvalue weighted by Gasteiger charge is 2.35. The molecule has 4 nitrogen and oxygen atoms in total. The lowest BCUT2D eigenvalue weighted by molar-refractivity contribution is 0.0728. The van der Waals surface area contributed by atoms with E-state index in [2.05, 4.69) is 15.2 Å². The molecule has 1 amide bonds. The van der Waals surface area contributed by atoms with Gasteiger partial charge in [0.15, 0.2) is 0 Å². The van der Waals surface area contributed by atoms with Crippen LogP contribution in [0.4, 0.5) is 0 Å². The van der Waals surface area contributed by atoms with Crippen molar-refractivity contribution in [3.8, 4) is 0 Å². The number of aryl methyl sites for hydroxylation is 1. The minimum Gasteiger partial charge on any atom is -0.334 e. The van der Waals surface area contributed by atoms with Crippen molar-refractivity contribution < 1.29 is 4.79 Å². The Hall–Kier alpha value is -1.42. The summed E-state index contributed by atoms with van der Waals surface area (Å²) in [5, 5.41) is 3.48. The van der Waals surface area contributed by atoms with Crippen LogP contribution >= 0.6 is 0 Å². The lowest BCUT2D eigenvalue weighted by Crippen LogP contribution is -2.42. The quantitative estimate of drug-likeness (QED) is 0.896. The van der Waals surface area contributed by atoms with Gasteiger partial charge in [-0.25, -0.2) is 0 Å². The van der Waals surface area contributed by atoms with Gasteiger partial charge >= 0.3 is 0 Å². The van der Waals surface area contributed by atoms with Crippen molar-refractivity contribution >= 4 is 5.91 Å². The van der Waals surface area contributed by atoms with Gasteiger partial charge in [0.1, 0.15) is 0 Å². The zero-order chi connectivity index (χ0) is 13.2. The SMILES string of the molecule is Cc1cncc(C(=O)N(CC2CCCN2)C2CC2)c1. The van der Waals surface area contributed by atoms with E-state index < -0.39 is 0 Å². The van der Waals surface area contributed by atoms with Crippen LogP contribution in [0.15, 0.2) is 18.5 Å². The van der Waals surface area contributed by atoms with Crippen LogP contribution in [-0.4, -0.2) is 41.0 Å². The van der Waals surface area contributed by atoms with E-state index in [9.17, 15) is 4.79 Å². The third-order valence-electron chi connectivity index (χ3n) is 3.95. The van der Waals surface area contributed by atoms with Crippen LogP contribution in [0, 0.1) is 6.92 Å². The molecule has 102 valence electrons. The third kappa shape index (κ3) is 2.95. The fraction of sp³-hybridized carbons (Fsp3) is 0.600. The van der Waals surface area contributed by atoms with Gasteiger partial charge in [0.2, 0.25) is 0 Å². The molecule has 1 aromatic heterocycles. The van der Waals surface area contributed by atoms with E-state index in [4.69, 9.17) is 0 Å². The molecule has 19 heavy (non-hydrogen) atoms. The zero-order valence-corrected chi connectivity index (χ0v) is 11.4. The number of carbonyl (C=O) groups excluding carboxylic acids is 1. The molecule has 1 unspecified atom stereocenters. The molecular weight excluding hydrogens is 238 g/mol. The second-order valence-corrected chi connectivity index (χ2v) is 5.73. The molecule has 1 aliphatic carbocycles. The average molecular weight is 259 g/mol. The van der Waals surface area contributed by atoms with E-state index in [1.54, 1.807) is 12.4 Å². The van der Waals surface area contributed by atoms with Crippen molar-refractivity contribution in [2.45, 2.75) is 44.7 Å². The van der Waals surface area contributed by atoms with Crippen molar-refractivity contribution in [3.63, 3.8) is 0 Å². The van der Waals surface area contributed by atoms with Gasteiger partial charge < -0.3 is 10.2 Å². The van der Waals surface area contributed by atoms with Crippen molar-refractivity contribution in [3.05, 3.63) is 29.6 Å². The van der Waals surface area contributed by atoms with Crippen molar-refractivity contribution in [1.82, 2.24) is 15.2 Å². The second kappa shape index (κ2) is 5.29. The highest BCUT2D eigenvalue weighted by Crippen LogP contribution is 2.29. The Balaban J connectivity index is 1.73. The van der Waals surface area contributed by atoms with E-state index in [-0.39, 0.29) is 5.91 Å². The zero-order valence-electron chi connectivity index (χ0n) is 11.4. The molecule has 1 aliphatic heterocycles. The number of nitrogens with one attached hydrogen (secondary N) is 1. The lowest BCUT2D eigenvalue weighted by atomic mass is 10.1. The van der Waals surface area contributed by atoms with E-state index in [1.807, 2.05) is 13.0 Å². The molecule has 1 N–H and O–H groups in total. The van der Waals surface area contributed by atoms with Gasteiger partial charge in [-0.05, 0) is 50.8 Å². The minimum atomic E-state index is 0.146. The van der Waals surface area contributed by atoms with Crippen LogP contribution in [0.3, 0.4) is 0 Å². The highest BCUT2D eigenvalue weighted by molar-refractivity contribution is 5.94. The van der Waals surface area contributed by atoms with Crippen LogP contribution in [0.1, 0.15) is 41.6 Å². The summed E-state index contributed by atoms with van der Waals surface area (Å²) in [6.45, 7) is 3.91. The number of amides is 1. The van der Waals surface area contributed by atoms with Crippen LogP contribution in [0.2, 0.25) is 0 Å². The first-order valence-electron chi connectivity index (χ1n) is 7.20. The van der Waals surface area contributed by atoms with Crippen molar-refractivity contribution in [2.24, 2.45) is 0 Å². The van der Waals surface area contributed by atoms with Gasteiger partial charge in [-0.15, -0.1) is 0 Å². The summed E-state index contributed by atoms with van der Waals surface area (Å²) in [5.74, 6) is 0.146. The predicted molar refractivity (Wildman–Crippen MR) is 74.1 cm³/mol. The topological polar surface area (TPSA) is 45.2 Å². The summed E-state index contributed by atoms with van der Waals surface area (Å²) >= 11 is 0. The van der Waals surface area contributed by atoms with Gasteiger partial charge in [-0.2, -0.15) is 0 Å². The van der Waals surface area contributed by atoms with Crippen LogP contribution < -0.4 is 5.32 Å². The Morgan fingerprint density at radius 2 is 2.26 bits per heavy atom. The van der Waals surface area contributed by atoms with Crippen LogP contribution in [0.25, 0.3) is 0 Å². The normalized spacial score (nSPS) is 22.5. The summed E-state index contributed by atoms with van der Waals surface area (Å²) in [6.07, 6.45) is 8.19. The average Bonchev–Trinajstić information content (AvgIpc) is 3.12. The largest absolute Gasteiger partial charge is 0.334 e. The van der Waals surface area contributed by atoms with Gasteiger partial charge in [-0.1, -0.05) is 0 Å². The first-order valence-corrected chi connectivity index (χ1v) is 7.20. The molecule has 1 aromatic rings. The molecule has 1 atom stereocenters. The van der Waals surface area contributed by atoms with E-state index in [0.29, 0.717) is 12.1 Å². The molecule has 0 aromatic carbocycles. The maximum absolute atomic E-state index is 12.6. The molecule has 2 heterocycles. The molecule has 1 saturated heterocycles. The number of nitrogens with zero attached hydrogens (tertiary/aromatic N) is 2. The number of carbonyl (C=O) groups is 1. The highest BCUT2D eigenvalue weighted by atomic mass is 16.2. The van der Waals surface area contributed by atoms with Crippen molar-refractivity contribution in [2.75, 3.05) is 13.1 Å². The third-order valence-corrected chi connectivity index (χ3v) is 3.95. The smallest absolute Gasteiger partial charge is 0.255 e. The lowest BCUT2D eigenvalue weighted by Gasteiger charge is -2.26. The van der Waals surface area contributed by atoms with Gasteiger partial charge in [0.05, 0.1) is 5.56 Å².